The van der Waals surface area contributed by atoms with Crippen LogP contribution in [-0.2, 0) is 13.6 Å². The maximum Gasteiger partial charge on any atom is 0.258 e. The molecule has 0 aliphatic carbocycles. The molecule has 0 unspecified atom stereocenters. The second-order valence-corrected chi connectivity index (χ2v) is 5.81. The third-order valence-corrected chi connectivity index (χ3v) is 4.03. The second-order valence-electron chi connectivity index (χ2n) is 4.39. The summed E-state index contributed by atoms with van der Waals surface area (Å²) >= 11 is 7.67. The number of rotatable bonds is 3. The number of nitrogens with zero attached hydrogens (tertiary/aromatic N) is 4. The first kappa shape index (κ1) is 14.0. The standard InChI is InChI=1S/C12H15ClN4OS/c1-7-10(11(13)17(4)15-7)12(18)16(3)5-9-6-19-8(2)14-9/h6H,5H2,1-4H3. The zero-order valence-corrected chi connectivity index (χ0v) is 12.8. The lowest BCUT2D eigenvalue weighted by molar-refractivity contribution is 0.0783. The van der Waals surface area contributed by atoms with Crippen molar-refractivity contribution in [3.63, 3.8) is 0 Å². The minimum atomic E-state index is -0.138. The first-order valence-electron chi connectivity index (χ1n) is 5.75. The number of aryl methyl sites for hydroxylation is 3. The maximum atomic E-state index is 12.4. The Kier molecular flexibility index (Phi) is 3.91. The van der Waals surface area contributed by atoms with Crippen molar-refractivity contribution in [3.05, 3.63) is 32.5 Å². The Bertz CT molecular complexity index is 619. The molecule has 102 valence electrons. The third-order valence-electron chi connectivity index (χ3n) is 2.78. The van der Waals surface area contributed by atoms with Crippen LogP contribution in [0.4, 0.5) is 0 Å². The SMILES string of the molecule is Cc1nc(CN(C)C(=O)c2c(C)nn(C)c2Cl)cs1. The maximum absolute atomic E-state index is 12.4. The zero-order chi connectivity index (χ0) is 14.2. The molecule has 0 saturated heterocycles. The van der Waals surface area contributed by atoms with Crippen LogP contribution in [-0.4, -0.2) is 32.6 Å². The van der Waals surface area contributed by atoms with Gasteiger partial charge in [-0.3, -0.25) is 9.48 Å². The highest BCUT2D eigenvalue weighted by atomic mass is 35.5. The van der Waals surface area contributed by atoms with Crippen LogP contribution in [0.1, 0.15) is 26.8 Å². The molecule has 2 aromatic heterocycles. The smallest absolute Gasteiger partial charge is 0.258 e. The molecule has 19 heavy (non-hydrogen) atoms. The average molecular weight is 299 g/mol. The summed E-state index contributed by atoms with van der Waals surface area (Å²) in [7, 11) is 3.45. The zero-order valence-electron chi connectivity index (χ0n) is 11.3. The number of hydrogen-bond acceptors (Lipinski definition) is 4. The van der Waals surface area contributed by atoms with Gasteiger partial charge in [0.1, 0.15) is 5.15 Å². The first-order valence-corrected chi connectivity index (χ1v) is 7.01. The van der Waals surface area contributed by atoms with Gasteiger partial charge < -0.3 is 4.90 Å². The fourth-order valence-corrected chi connectivity index (χ4v) is 2.72. The van der Waals surface area contributed by atoms with E-state index in [2.05, 4.69) is 10.1 Å². The summed E-state index contributed by atoms with van der Waals surface area (Å²) in [6, 6.07) is 0. The van der Waals surface area contributed by atoms with Crippen LogP contribution < -0.4 is 0 Å². The van der Waals surface area contributed by atoms with E-state index in [-0.39, 0.29) is 5.91 Å². The molecule has 1 amide bonds. The summed E-state index contributed by atoms with van der Waals surface area (Å²) in [4.78, 5) is 18.3. The van der Waals surface area contributed by atoms with Crippen molar-refractivity contribution in [3.8, 4) is 0 Å². The van der Waals surface area contributed by atoms with Crippen molar-refractivity contribution in [2.45, 2.75) is 20.4 Å². The summed E-state index contributed by atoms with van der Waals surface area (Å²) in [5.41, 5.74) is 1.98. The van der Waals surface area contributed by atoms with Crippen LogP contribution in [0.15, 0.2) is 5.38 Å². The van der Waals surface area contributed by atoms with E-state index in [0.717, 1.165) is 10.7 Å². The van der Waals surface area contributed by atoms with Crippen LogP contribution >= 0.6 is 22.9 Å². The van der Waals surface area contributed by atoms with E-state index in [1.54, 1.807) is 37.3 Å². The average Bonchev–Trinajstić information content (AvgIpc) is 2.84. The van der Waals surface area contributed by atoms with E-state index in [9.17, 15) is 4.79 Å². The lowest BCUT2D eigenvalue weighted by atomic mass is 10.2. The molecule has 0 aliphatic heterocycles. The molecule has 0 aromatic carbocycles. The Morgan fingerprint density at radius 3 is 2.68 bits per heavy atom. The Balaban J connectivity index is 2.19. The van der Waals surface area contributed by atoms with Crippen molar-refractivity contribution >= 4 is 28.8 Å². The number of carbonyl (C=O) groups excluding carboxylic acids is 1. The molecule has 0 saturated carbocycles. The van der Waals surface area contributed by atoms with Crippen LogP contribution in [0, 0.1) is 13.8 Å². The predicted molar refractivity (Wildman–Crippen MR) is 75.6 cm³/mol. The highest BCUT2D eigenvalue weighted by Gasteiger charge is 2.22. The van der Waals surface area contributed by atoms with Gasteiger partial charge in [0.05, 0.1) is 28.5 Å². The molecule has 0 radical (unpaired) electrons. The van der Waals surface area contributed by atoms with Gasteiger partial charge in [-0.05, 0) is 13.8 Å². The van der Waals surface area contributed by atoms with Gasteiger partial charge in [-0.1, -0.05) is 11.6 Å². The number of thiazole rings is 1. The van der Waals surface area contributed by atoms with E-state index in [1.807, 2.05) is 12.3 Å². The minimum absolute atomic E-state index is 0.138. The minimum Gasteiger partial charge on any atom is -0.336 e. The van der Waals surface area contributed by atoms with Gasteiger partial charge in [0.2, 0.25) is 0 Å². The van der Waals surface area contributed by atoms with E-state index in [4.69, 9.17) is 11.6 Å². The van der Waals surface area contributed by atoms with Gasteiger partial charge in [0.25, 0.3) is 5.91 Å². The molecular weight excluding hydrogens is 284 g/mol. The van der Waals surface area contributed by atoms with Crippen LogP contribution in [0.5, 0.6) is 0 Å². The van der Waals surface area contributed by atoms with E-state index in [0.29, 0.717) is 23.0 Å². The highest BCUT2D eigenvalue weighted by molar-refractivity contribution is 7.09. The van der Waals surface area contributed by atoms with Crippen LogP contribution in [0.25, 0.3) is 0 Å². The summed E-state index contributed by atoms with van der Waals surface area (Å²) < 4.78 is 1.50. The van der Waals surface area contributed by atoms with Gasteiger partial charge in [-0.25, -0.2) is 4.98 Å². The van der Waals surface area contributed by atoms with Crippen molar-refractivity contribution < 1.29 is 4.79 Å². The summed E-state index contributed by atoms with van der Waals surface area (Å²) in [5.74, 6) is -0.138. The Labute approximate surface area is 120 Å². The van der Waals surface area contributed by atoms with Crippen LogP contribution in [0.2, 0.25) is 5.15 Å². The number of hydrogen-bond donors (Lipinski definition) is 0. The summed E-state index contributed by atoms with van der Waals surface area (Å²) in [6.07, 6.45) is 0. The normalized spacial score (nSPS) is 10.8. The van der Waals surface area contributed by atoms with Crippen LogP contribution in [0.3, 0.4) is 0 Å². The second kappa shape index (κ2) is 5.30. The molecule has 0 bridgehead atoms. The molecular formula is C12H15ClN4OS. The van der Waals surface area contributed by atoms with Gasteiger partial charge in [0, 0.05) is 19.5 Å². The summed E-state index contributed by atoms with van der Waals surface area (Å²) in [6.45, 7) is 4.19. The van der Waals surface area contributed by atoms with Crippen molar-refractivity contribution in [2.75, 3.05) is 7.05 Å². The largest absolute Gasteiger partial charge is 0.336 e. The molecule has 2 aromatic rings. The van der Waals surface area contributed by atoms with Gasteiger partial charge >= 0.3 is 0 Å². The van der Waals surface area contributed by atoms with Gasteiger partial charge in [-0.2, -0.15) is 5.10 Å². The fourth-order valence-electron chi connectivity index (χ4n) is 1.86. The number of amides is 1. The monoisotopic (exact) mass is 298 g/mol. The number of carbonyl (C=O) groups is 1. The molecule has 2 heterocycles. The molecule has 7 heteroatoms. The molecule has 0 N–H and O–H groups in total. The van der Waals surface area contributed by atoms with Crippen molar-refractivity contribution in [2.24, 2.45) is 7.05 Å². The predicted octanol–water partition coefficient (Wildman–Crippen LogP) is 2.42. The van der Waals surface area contributed by atoms with Gasteiger partial charge in [-0.15, -0.1) is 11.3 Å². The molecule has 0 spiro atoms. The summed E-state index contributed by atoms with van der Waals surface area (Å²) in [5, 5.41) is 7.46. The number of aromatic nitrogens is 3. The van der Waals surface area contributed by atoms with Crippen molar-refractivity contribution in [1.29, 1.82) is 0 Å². The molecule has 0 atom stereocenters. The lowest BCUT2D eigenvalue weighted by Gasteiger charge is -2.15. The molecule has 0 aliphatic rings. The number of halogens is 1. The highest BCUT2D eigenvalue weighted by Crippen LogP contribution is 2.21. The topological polar surface area (TPSA) is 51.0 Å². The van der Waals surface area contributed by atoms with E-state index < -0.39 is 0 Å². The Morgan fingerprint density at radius 2 is 2.21 bits per heavy atom. The molecule has 5 nitrogen and oxygen atoms in total. The Hall–Kier alpha value is -1.40. The first-order chi connectivity index (χ1) is 8.90. The van der Waals surface area contributed by atoms with E-state index >= 15 is 0 Å². The Morgan fingerprint density at radius 1 is 1.53 bits per heavy atom. The van der Waals surface area contributed by atoms with Gasteiger partial charge in [0.15, 0.2) is 0 Å². The molecule has 0 fully saturated rings. The van der Waals surface area contributed by atoms with E-state index in [1.165, 1.54) is 4.68 Å². The molecule has 2 rings (SSSR count). The lowest BCUT2D eigenvalue weighted by Crippen LogP contribution is -2.27. The third kappa shape index (κ3) is 2.79. The quantitative estimate of drug-likeness (QED) is 0.874. The van der Waals surface area contributed by atoms with Crippen molar-refractivity contribution in [1.82, 2.24) is 19.7 Å². The fraction of sp³-hybridized carbons (Fsp3) is 0.417.